The molecule has 3 rings (SSSR count). The van der Waals surface area contributed by atoms with E-state index in [9.17, 15) is 18.5 Å². The average Bonchev–Trinajstić information content (AvgIpc) is 3.05. The predicted octanol–water partition coefficient (Wildman–Crippen LogP) is 2.03. The van der Waals surface area contributed by atoms with Crippen molar-refractivity contribution in [2.75, 3.05) is 13.7 Å². The van der Waals surface area contributed by atoms with Crippen molar-refractivity contribution in [3.63, 3.8) is 0 Å². The molecule has 28 heavy (non-hydrogen) atoms. The molecule has 144 valence electrons. The summed E-state index contributed by atoms with van der Waals surface area (Å²) in [5.74, 6) is -1.31. The van der Waals surface area contributed by atoms with E-state index in [4.69, 9.17) is 10.5 Å². The van der Waals surface area contributed by atoms with Gasteiger partial charge in [0.25, 0.3) is 0 Å². The number of hydrogen-bond acceptors (Lipinski definition) is 6. The molecule has 1 aliphatic rings. The summed E-state index contributed by atoms with van der Waals surface area (Å²) in [5.41, 5.74) is 6.85. The van der Waals surface area contributed by atoms with Crippen molar-refractivity contribution in [2.45, 2.75) is 5.75 Å². The van der Waals surface area contributed by atoms with Crippen molar-refractivity contribution >= 4 is 15.8 Å². The second-order valence-electron chi connectivity index (χ2n) is 6.33. The van der Waals surface area contributed by atoms with Crippen LogP contribution >= 0.6 is 0 Å². The molecule has 0 aliphatic carbocycles. The molecule has 1 unspecified atom stereocenters. The maximum Gasteiger partial charge on any atom is 0.240 e. The highest BCUT2D eigenvalue weighted by atomic mass is 32.2. The van der Waals surface area contributed by atoms with Gasteiger partial charge in [-0.05, 0) is 17.7 Å². The summed E-state index contributed by atoms with van der Waals surface area (Å²) in [6.07, 6.45) is 0. The molecule has 0 saturated heterocycles. The number of rotatable bonds is 6. The van der Waals surface area contributed by atoms with Crippen molar-refractivity contribution in [3.8, 4) is 11.8 Å². The molecule has 7 nitrogen and oxygen atoms in total. The van der Waals surface area contributed by atoms with Gasteiger partial charge in [-0.3, -0.25) is 9.10 Å². The Kier molecular flexibility index (Phi) is 5.38. The van der Waals surface area contributed by atoms with E-state index in [0.29, 0.717) is 16.9 Å². The van der Waals surface area contributed by atoms with Crippen molar-refractivity contribution < 1.29 is 17.9 Å². The number of sulfonamides is 1. The molecule has 2 N–H and O–H groups in total. The molecule has 0 spiro atoms. The van der Waals surface area contributed by atoms with Gasteiger partial charge in [0.15, 0.2) is 5.78 Å². The Balaban J connectivity index is 1.90. The molecule has 0 saturated carbocycles. The minimum absolute atomic E-state index is 0.0375. The number of benzene rings is 2. The Morgan fingerprint density at radius 2 is 1.96 bits per heavy atom. The van der Waals surface area contributed by atoms with Gasteiger partial charge in [-0.15, -0.1) is 0 Å². The van der Waals surface area contributed by atoms with Gasteiger partial charge in [-0.1, -0.05) is 42.5 Å². The van der Waals surface area contributed by atoms with Crippen LogP contribution in [0.2, 0.25) is 0 Å². The lowest BCUT2D eigenvalue weighted by molar-refractivity contribution is 0.0941. The van der Waals surface area contributed by atoms with E-state index in [2.05, 4.69) is 0 Å². The van der Waals surface area contributed by atoms with Crippen LogP contribution in [0.3, 0.4) is 0 Å². The minimum Gasteiger partial charge on any atom is -0.497 e. The molecule has 1 atom stereocenters. The third-order valence-corrected chi connectivity index (χ3v) is 6.28. The Morgan fingerprint density at radius 1 is 1.25 bits per heavy atom. The third-order valence-electron chi connectivity index (χ3n) is 4.56. The van der Waals surface area contributed by atoms with Gasteiger partial charge in [0.05, 0.1) is 37.0 Å². The zero-order chi connectivity index (χ0) is 20.3. The number of methoxy groups -OCH3 is 1. The number of nitriles is 1. The number of ketones is 1. The molecule has 0 radical (unpaired) electrons. The first-order valence-corrected chi connectivity index (χ1v) is 10.1. The molecular formula is C20H19N3O4S. The Hall–Kier alpha value is -3.31. The molecule has 1 aliphatic heterocycles. The highest BCUT2D eigenvalue weighted by molar-refractivity contribution is 7.88. The first-order valence-electron chi connectivity index (χ1n) is 8.49. The summed E-state index contributed by atoms with van der Waals surface area (Å²) in [5, 5.41) is 9.49. The number of carbonyl (C=O) groups is 1. The van der Waals surface area contributed by atoms with Gasteiger partial charge in [-0.25, -0.2) is 8.42 Å². The number of ether oxygens (including phenoxy) is 1. The fourth-order valence-corrected chi connectivity index (χ4v) is 4.66. The fourth-order valence-electron chi connectivity index (χ4n) is 3.12. The highest BCUT2D eigenvalue weighted by Crippen LogP contribution is 2.32. The fraction of sp³-hybridized carbons (Fsp3) is 0.200. The molecule has 0 amide bonds. The lowest BCUT2D eigenvalue weighted by atomic mass is 9.93. The van der Waals surface area contributed by atoms with Gasteiger partial charge in [0.2, 0.25) is 10.0 Å². The van der Waals surface area contributed by atoms with Crippen LogP contribution in [-0.4, -0.2) is 32.2 Å². The maximum absolute atomic E-state index is 12.9. The Morgan fingerprint density at radius 3 is 2.61 bits per heavy atom. The smallest absolute Gasteiger partial charge is 0.240 e. The molecular weight excluding hydrogens is 378 g/mol. The van der Waals surface area contributed by atoms with E-state index in [1.807, 2.05) is 6.07 Å². The van der Waals surface area contributed by atoms with E-state index < -0.39 is 15.9 Å². The lowest BCUT2D eigenvalue weighted by Crippen LogP contribution is -2.34. The van der Waals surface area contributed by atoms with E-state index in [1.54, 1.807) is 54.6 Å². The second kappa shape index (κ2) is 7.74. The molecule has 2 aromatic rings. The van der Waals surface area contributed by atoms with Gasteiger partial charge in [-0.2, -0.15) is 5.26 Å². The average molecular weight is 397 g/mol. The zero-order valence-electron chi connectivity index (χ0n) is 15.2. The number of Topliss-reactive ketones (excluding diaryl/α,β-unsaturated/α-hetero) is 1. The van der Waals surface area contributed by atoms with Crippen molar-refractivity contribution in [3.05, 3.63) is 77.1 Å². The van der Waals surface area contributed by atoms with Crippen molar-refractivity contribution in [1.29, 1.82) is 5.26 Å². The van der Waals surface area contributed by atoms with Crippen LogP contribution < -0.4 is 10.5 Å². The SMILES string of the molecule is COc1cccc(C(=O)C2CN(S(=O)(=O)Cc3ccccc3)C(N)=C2C#N)c1. The van der Waals surface area contributed by atoms with Crippen LogP contribution in [0.15, 0.2) is 66.0 Å². The standard InChI is InChI=1S/C20H19N3O4S/c1-27-16-9-5-8-15(10-16)19(24)18-12-23(20(22)17(18)11-21)28(25,26)13-14-6-3-2-4-7-14/h2-10,18H,12-13,22H2,1H3. The van der Waals surface area contributed by atoms with Crippen LogP contribution in [0.25, 0.3) is 0 Å². The molecule has 0 bridgehead atoms. The number of nitrogens with two attached hydrogens (primary N) is 1. The molecule has 0 fully saturated rings. The molecule has 1 heterocycles. The van der Waals surface area contributed by atoms with E-state index in [-0.39, 0.29) is 29.5 Å². The highest BCUT2D eigenvalue weighted by Gasteiger charge is 2.40. The number of hydrogen-bond donors (Lipinski definition) is 1. The van der Waals surface area contributed by atoms with Crippen LogP contribution in [0, 0.1) is 17.2 Å². The molecule has 2 aromatic carbocycles. The summed E-state index contributed by atoms with van der Waals surface area (Å²) in [7, 11) is -2.36. The largest absolute Gasteiger partial charge is 0.497 e. The normalized spacial score (nSPS) is 16.7. The van der Waals surface area contributed by atoms with Crippen LogP contribution in [0.1, 0.15) is 15.9 Å². The summed E-state index contributed by atoms with van der Waals surface area (Å²) in [4.78, 5) is 12.9. The second-order valence-corrected chi connectivity index (χ2v) is 8.23. The minimum atomic E-state index is -3.84. The van der Waals surface area contributed by atoms with E-state index in [1.165, 1.54) is 7.11 Å². The van der Waals surface area contributed by atoms with E-state index in [0.717, 1.165) is 4.31 Å². The first kappa shape index (κ1) is 19.5. The van der Waals surface area contributed by atoms with Crippen LogP contribution in [0.5, 0.6) is 5.75 Å². The predicted molar refractivity (Wildman–Crippen MR) is 103 cm³/mol. The molecule has 0 aromatic heterocycles. The first-order chi connectivity index (χ1) is 13.4. The van der Waals surface area contributed by atoms with Gasteiger partial charge < -0.3 is 10.5 Å². The van der Waals surface area contributed by atoms with Gasteiger partial charge >= 0.3 is 0 Å². The summed E-state index contributed by atoms with van der Waals surface area (Å²) < 4.78 is 31.8. The summed E-state index contributed by atoms with van der Waals surface area (Å²) >= 11 is 0. The number of carbonyl (C=O) groups excluding carboxylic acids is 1. The van der Waals surface area contributed by atoms with Gasteiger partial charge in [0.1, 0.15) is 11.6 Å². The Bertz CT molecular complexity index is 1070. The topological polar surface area (TPSA) is 113 Å². The maximum atomic E-state index is 12.9. The zero-order valence-corrected chi connectivity index (χ0v) is 16.0. The Labute approximate surface area is 163 Å². The third kappa shape index (κ3) is 3.70. The van der Waals surface area contributed by atoms with E-state index >= 15 is 0 Å². The van der Waals surface area contributed by atoms with Crippen LogP contribution in [0.4, 0.5) is 0 Å². The monoisotopic (exact) mass is 397 g/mol. The van der Waals surface area contributed by atoms with Crippen molar-refractivity contribution in [2.24, 2.45) is 11.7 Å². The van der Waals surface area contributed by atoms with Crippen LogP contribution in [-0.2, 0) is 15.8 Å². The lowest BCUT2D eigenvalue weighted by Gasteiger charge is -2.20. The quantitative estimate of drug-likeness (QED) is 0.746. The van der Waals surface area contributed by atoms with Gasteiger partial charge in [0, 0.05) is 5.56 Å². The summed E-state index contributed by atoms with van der Waals surface area (Å²) in [6.45, 7) is -0.195. The molecule has 8 heteroatoms. The van der Waals surface area contributed by atoms with Crippen molar-refractivity contribution in [1.82, 2.24) is 4.31 Å². The number of nitrogens with zero attached hydrogens (tertiary/aromatic N) is 2. The summed E-state index contributed by atoms with van der Waals surface area (Å²) in [6, 6.07) is 17.1.